The van der Waals surface area contributed by atoms with Crippen molar-refractivity contribution in [3.05, 3.63) is 41.0 Å². The molecule has 0 saturated heterocycles. The number of hydrogen-bond acceptors (Lipinski definition) is 3. The van der Waals surface area contributed by atoms with E-state index in [1.807, 2.05) is 18.2 Å². The van der Waals surface area contributed by atoms with Gasteiger partial charge in [0.2, 0.25) is 0 Å². The minimum absolute atomic E-state index is 0.184. The fraction of sp³-hybridized carbons (Fsp3) is 0.400. The Labute approximate surface area is 107 Å². The maximum Gasteiger partial charge on any atom is 0.166 e. The van der Waals surface area contributed by atoms with Gasteiger partial charge in [0.25, 0.3) is 0 Å². The summed E-state index contributed by atoms with van der Waals surface area (Å²) in [4.78, 5) is 14.5. The van der Waals surface area contributed by atoms with Crippen molar-refractivity contribution < 1.29 is 4.79 Å². The van der Waals surface area contributed by atoms with E-state index in [0.717, 1.165) is 17.7 Å². The molecule has 0 fully saturated rings. The monoisotopic (exact) mass is 242 g/mol. The first-order valence-electron chi connectivity index (χ1n) is 6.37. The minimum atomic E-state index is 0.184. The molecule has 0 bridgehead atoms. The van der Waals surface area contributed by atoms with Gasteiger partial charge in [0.15, 0.2) is 5.78 Å². The van der Waals surface area contributed by atoms with E-state index < -0.39 is 0 Å². The maximum absolute atomic E-state index is 12.3. The van der Waals surface area contributed by atoms with Crippen molar-refractivity contribution in [2.45, 2.75) is 25.3 Å². The van der Waals surface area contributed by atoms with Gasteiger partial charge in [-0.1, -0.05) is 23.8 Å². The number of nitrogen functional groups attached to an aromatic ring is 1. The lowest BCUT2D eigenvalue weighted by Crippen LogP contribution is -2.44. The Kier molecular flexibility index (Phi) is 2.52. The molecule has 1 aliphatic heterocycles. The Balaban J connectivity index is 2.18. The fourth-order valence-electron chi connectivity index (χ4n) is 3.32. The van der Waals surface area contributed by atoms with Crippen LogP contribution in [0.3, 0.4) is 0 Å². The topological polar surface area (TPSA) is 46.3 Å². The summed E-state index contributed by atoms with van der Waals surface area (Å²) in [6.45, 7) is 3.10. The highest BCUT2D eigenvalue weighted by Gasteiger charge is 2.37. The van der Waals surface area contributed by atoms with E-state index in [1.165, 1.54) is 5.57 Å². The number of rotatable bonds is 0. The molecule has 0 amide bonds. The van der Waals surface area contributed by atoms with E-state index in [1.54, 1.807) is 0 Å². The summed E-state index contributed by atoms with van der Waals surface area (Å²) in [5.74, 6) is 0.490. The van der Waals surface area contributed by atoms with E-state index in [9.17, 15) is 4.79 Å². The van der Waals surface area contributed by atoms with Gasteiger partial charge < -0.3 is 5.73 Å². The fourth-order valence-corrected chi connectivity index (χ4v) is 3.32. The number of benzene rings is 1. The van der Waals surface area contributed by atoms with Gasteiger partial charge in [-0.3, -0.25) is 9.69 Å². The molecule has 0 spiro atoms. The molecule has 3 heteroatoms. The predicted molar refractivity (Wildman–Crippen MR) is 72.7 cm³/mol. The molecule has 94 valence electrons. The highest BCUT2D eigenvalue weighted by atomic mass is 16.1. The molecule has 1 aromatic carbocycles. The number of nitrogens with zero attached hydrogens (tertiary/aromatic N) is 1. The second-order valence-electron chi connectivity index (χ2n) is 5.46. The average molecular weight is 242 g/mol. The lowest BCUT2D eigenvalue weighted by atomic mass is 9.75. The summed E-state index contributed by atoms with van der Waals surface area (Å²) >= 11 is 0. The normalized spacial score (nSPS) is 27.4. The van der Waals surface area contributed by atoms with Crippen LogP contribution < -0.4 is 5.73 Å². The number of ketones is 1. The van der Waals surface area contributed by atoms with Crippen LogP contribution in [-0.4, -0.2) is 30.3 Å². The van der Waals surface area contributed by atoms with Gasteiger partial charge in [-0.2, -0.15) is 0 Å². The van der Waals surface area contributed by atoms with Crippen molar-refractivity contribution in [2.24, 2.45) is 0 Å². The highest BCUT2D eigenvalue weighted by Crippen LogP contribution is 2.40. The minimum Gasteiger partial charge on any atom is -0.398 e. The number of Topliss-reactive ketones (excluding diaryl/α,β-unsaturated/α-hetero) is 1. The first kappa shape index (κ1) is 11.5. The van der Waals surface area contributed by atoms with Crippen LogP contribution in [0.5, 0.6) is 0 Å². The van der Waals surface area contributed by atoms with Gasteiger partial charge >= 0.3 is 0 Å². The third-order valence-electron chi connectivity index (χ3n) is 4.10. The van der Waals surface area contributed by atoms with Crippen LogP contribution in [0.25, 0.3) is 0 Å². The maximum atomic E-state index is 12.3. The smallest absolute Gasteiger partial charge is 0.166 e. The van der Waals surface area contributed by atoms with Crippen LogP contribution in [0.15, 0.2) is 29.8 Å². The number of hydrogen-bond donors (Lipinski definition) is 1. The van der Waals surface area contributed by atoms with Gasteiger partial charge in [-0.05, 0) is 25.6 Å². The van der Waals surface area contributed by atoms with Crippen molar-refractivity contribution in [3.8, 4) is 0 Å². The molecule has 0 radical (unpaired) electrons. The van der Waals surface area contributed by atoms with Crippen LogP contribution in [0.1, 0.15) is 35.2 Å². The van der Waals surface area contributed by atoms with Crippen molar-refractivity contribution in [1.82, 2.24) is 4.90 Å². The molecule has 1 aromatic rings. The van der Waals surface area contributed by atoms with Gasteiger partial charge in [0.1, 0.15) is 0 Å². The zero-order valence-corrected chi connectivity index (χ0v) is 10.8. The van der Waals surface area contributed by atoms with Crippen LogP contribution in [-0.2, 0) is 0 Å². The Bertz CT molecular complexity index is 547. The molecule has 0 unspecified atom stereocenters. The summed E-state index contributed by atoms with van der Waals surface area (Å²) in [7, 11) is 2.10. The van der Waals surface area contributed by atoms with E-state index in [4.69, 9.17) is 5.73 Å². The van der Waals surface area contributed by atoms with Crippen LogP contribution in [0, 0.1) is 0 Å². The molecule has 3 rings (SSSR count). The molecule has 0 saturated carbocycles. The molecule has 3 nitrogen and oxygen atoms in total. The van der Waals surface area contributed by atoms with Gasteiger partial charge in [-0.15, -0.1) is 0 Å². The summed E-state index contributed by atoms with van der Waals surface area (Å²) in [6, 6.07) is 6.10. The largest absolute Gasteiger partial charge is 0.398 e. The quantitative estimate of drug-likeness (QED) is 0.560. The molecule has 0 aromatic heterocycles. The molecule has 1 aliphatic carbocycles. The second kappa shape index (κ2) is 3.95. The molecule has 1 heterocycles. The van der Waals surface area contributed by atoms with Gasteiger partial charge in [0, 0.05) is 36.2 Å². The second-order valence-corrected chi connectivity index (χ2v) is 5.46. The van der Waals surface area contributed by atoms with E-state index in [0.29, 0.717) is 18.0 Å². The first-order chi connectivity index (χ1) is 8.58. The SMILES string of the molecule is CC1=C[C@H]2c3cccc(N)c3C(=O)C[C@@H]2N(C)C1. The van der Waals surface area contributed by atoms with Crippen LogP contribution >= 0.6 is 0 Å². The summed E-state index contributed by atoms with van der Waals surface area (Å²) in [6.07, 6.45) is 2.88. The van der Waals surface area contributed by atoms with E-state index >= 15 is 0 Å². The Morgan fingerprint density at radius 2 is 2.17 bits per heavy atom. The number of carbonyl (C=O) groups is 1. The molecule has 2 aliphatic rings. The number of fused-ring (bicyclic) bond motifs is 3. The van der Waals surface area contributed by atoms with Crippen molar-refractivity contribution in [1.29, 1.82) is 0 Å². The Hall–Kier alpha value is -1.61. The summed E-state index contributed by atoms with van der Waals surface area (Å²) < 4.78 is 0. The molecule has 2 N–H and O–H groups in total. The third kappa shape index (κ3) is 1.58. The van der Waals surface area contributed by atoms with Gasteiger partial charge in [-0.25, -0.2) is 0 Å². The molecule has 2 atom stereocenters. The predicted octanol–water partition coefficient (Wildman–Crippen LogP) is 2.20. The first-order valence-corrected chi connectivity index (χ1v) is 6.37. The number of likely N-dealkylation sites (N-methyl/N-ethyl adjacent to an activating group) is 1. The Morgan fingerprint density at radius 1 is 1.39 bits per heavy atom. The zero-order chi connectivity index (χ0) is 12.9. The van der Waals surface area contributed by atoms with E-state index in [2.05, 4.69) is 24.9 Å². The van der Waals surface area contributed by atoms with Crippen molar-refractivity contribution in [3.63, 3.8) is 0 Å². The van der Waals surface area contributed by atoms with Crippen LogP contribution in [0.2, 0.25) is 0 Å². The molecule has 18 heavy (non-hydrogen) atoms. The number of nitrogens with two attached hydrogens (primary N) is 1. The van der Waals surface area contributed by atoms with Crippen molar-refractivity contribution in [2.75, 3.05) is 19.3 Å². The van der Waals surface area contributed by atoms with Crippen molar-refractivity contribution >= 4 is 11.5 Å². The standard InChI is InChI=1S/C15H18N2O/c1-9-6-11-10-4-3-5-12(16)15(10)14(18)7-13(11)17(2)8-9/h3-6,11,13H,7-8,16H2,1-2H3/t11-,13-/m0/s1. The average Bonchev–Trinajstić information content (AvgIpc) is 2.31. The lowest BCUT2D eigenvalue weighted by Gasteiger charge is -2.41. The molecular formula is C15H18N2O. The summed E-state index contributed by atoms with van der Waals surface area (Å²) in [5, 5.41) is 0. The number of anilines is 1. The lowest BCUT2D eigenvalue weighted by molar-refractivity contribution is 0.0903. The zero-order valence-electron chi connectivity index (χ0n) is 10.8. The third-order valence-corrected chi connectivity index (χ3v) is 4.10. The summed E-state index contributed by atoms with van der Waals surface area (Å²) in [5.41, 5.74) is 9.80. The van der Waals surface area contributed by atoms with Gasteiger partial charge in [0.05, 0.1) is 0 Å². The Morgan fingerprint density at radius 3 is 2.94 bits per heavy atom. The van der Waals surface area contributed by atoms with E-state index in [-0.39, 0.29) is 11.8 Å². The van der Waals surface area contributed by atoms with Crippen LogP contribution in [0.4, 0.5) is 5.69 Å². The molecular weight excluding hydrogens is 224 g/mol. The number of carbonyl (C=O) groups excluding carboxylic acids is 1. The highest BCUT2D eigenvalue weighted by molar-refractivity contribution is 6.04.